The van der Waals surface area contributed by atoms with Crippen LogP contribution in [0.1, 0.15) is 11.3 Å². The Morgan fingerprint density at radius 2 is 1.89 bits per heavy atom. The molecule has 0 aliphatic carbocycles. The predicted molar refractivity (Wildman–Crippen MR) is 68.9 cm³/mol. The van der Waals surface area contributed by atoms with Crippen molar-refractivity contribution < 1.29 is 8.78 Å². The minimum absolute atomic E-state index is 0.0271. The molecule has 2 nitrogen and oxygen atoms in total. The highest BCUT2D eigenvalue weighted by molar-refractivity contribution is 9.10. The average molecular weight is 354 g/mol. The van der Waals surface area contributed by atoms with E-state index in [2.05, 4.69) is 25.9 Å². The molecule has 0 fully saturated rings. The molecule has 0 spiro atoms. The first-order valence-corrected chi connectivity index (χ1v) is 6.33. The molecular formula is C11H5BrCl2F2N2. The highest BCUT2D eigenvalue weighted by atomic mass is 79.9. The monoisotopic (exact) mass is 352 g/mol. The maximum Gasteiger partial charge on any atom is 0.224 e. The molecule has 7 heteroatoms. The molecule has 0 unspecified atom stereocenters. The lowest BCUT2D eigenvalue weighted by Crippen LogP contribution is -2.00. The van der Waals surface area contributed by atoms with Crippen molar-refractivity contribution in [1.29, 1.82) is 0 Å². The number of aromatic nitrogens is 2. The van der Waals surface area contributed by atoms with Crippen molar-refractivity contribution in [2.45, 2.75) is 6.42 Å². The van der Waals surface area contributed by atoms with Gasteiger partial charge < -0.3 is 0 Å². The van der Waals surface area contributed by atoms with Crippen LogP contribution in [0, 0.1) is 11.6 Å². The lowest BCUT2D eigenvalue weighted by molar-refractivity contribution is 0.574. The Bertz CT molecular complexity index is 608. The standard InChI is InChI=1S/C11H5BrCl2F2N2/c12-9-8(17-11(14)18-10(9)13)3-5-1-2-6(15)4-7(5)16/h1-2,4H,3H2. The van der Waals surface area contributed by atoms with Gasteiger partial charge in [-0.2, -0.15) is 0 Å². The van der Waals surface area contributed by atoms with Gasteiger partial charge in [0.25, 0.3) is 0 Å². The predicted octanol–water partition coefficient (Wildman–Crippen LogP) is 4.41. The third-order valence-electron chi connectivity index (χ3n) is 2.23. The average Bonchev–Trinajstić information content (AvgIpc) is 2.29. The van der Waals surface area contributed by atoms with E-state index < -0.39 is 11.6 Å². The van der Waals surface area contributed by atoms with Crippen LogP contribution < -0.4 is 0 Å². The van der Waals surface area contributed by atoms with Crippen molar-refractivity contribution in [2.24, 2.45) is 0 Å². The van der Waals surface area contributed by atoms with Crippen molar-refractivity contribution in [3.63, 3.8) is 0 Å². The van der Waals surface area contributed by atoms with E-state index in [0.717, 1.165) is 6.07 Å². The Hall–Kier alpha value is -0.780. The Morgan fingerprint density at radius 3 is 2.56 bits per heavy atom. The zero-order valence-corrected chi connectivity index (χ0v) is 11.8. The molecule has 94 valence electrons. The minimum Gasteiger partial charge on any atom is -0.221 e. The second kappa shape index (κ2) is 5.47. The lowest BCUT2D eigenvalue weighted by Gasteiger charge is -2.06. The van der Waals surface area contributed by atoms with E-state index in [9.17, 15) is 8.78 Å². The second-order valence-corrected chi connectivity index (χ2v) is 4.95. The number of hydrogen-bond acceptors (Lipinski definition) is 2. The minimum atomic E-state index is -0.646. The van der Waals surface area contributed by atoms with Gasteiger partial charge in [-0.3, -0.25) is 0 Å². The first-order valence-electron chi connectivity index (χ1n) is 4.78. The number of halogens is 5. The fourth-order valence-corrected chi connectivity index (χ4v) is 2.13. The smallest absolute Gasteiger partial charge is 0.221 e. The van der Waals surface area contributed by atoms with Crippen molar-refractivity contribution in [2.75, 3.05) is 0 Å². The Labute approximate surface area is 120 Å². The van der Waals surface area contributed by atoms with Gasteiger partial charge in [0.15, 0.2) is 0 Å². The molecule has 0 saturated carbocycles. The van der Waals surface area contributed by atoms with Gasteiger partial charge >= 0.3 is 0 Å². The van der Waals surface area contributed by atoms with Crippen LogP contribution in [0.3, 0.4) is 0 Å². The van der Waals surface area contributed by atoms with Gasteiger partial charge in [-0.15, -0.1) is 0 Å². The molecule has 0 atom stereocenters. The van der Waals surface area contributed by atoms with Crippen molar-refractivity contribution in [3.05, 3.63) is 56.0 Å². The number of hydrogen-bond donors (Lipinski definition) is 0. The van der Waals surface area contributed by atoms with Gasteiger partial charge in [0.05, 0.1) is 10.2 Å². The van der Waals surface area contributed by atoms with Crippen LogP contribution in [0.15, 0.2) is 22.7 Å². The third kappa shape index (κ3) is 2.96. The normalized spacial score (nSPS) is 10.7. The lowest BCUT2D eigenvalue weighted by atomic mass is 10.1. The van der Waals surface area contributed by atoms with Crippen LogP contribution in [-0.2, 0) is 6.42 Å². The first-order chi connectivity index (χ1) is 8.47. The SMILES string of the molecule is Fc1ccc(Cc2nc(Cl)nc(Cl)c2Br)c(F)c1. The zero-order chi connectivity index (χ0) is 13.3. The van der Waals surface area contributed by atoms with Crippen LogP contribution >= 0.6 is 39.1 Å². The van der Waals surface area contributed by atoms with E-state index in [1.165, 1.54) is 12.1 Å². The van der Waals surface area contributed by atoms with Gasteiger partial charge in [-0.05, 0) is 39.2 Å². The van der Waals surface area contributed by atoms with Crippen LogP contribution in [-0.4, -0.2) is 9.97 Å². The van der Waals surface area contributed by atoms with Gasteiger partial charge in [-0.1, -0.05) is 17.7 Å². The molecule has 18 heavy (non-hydrogen) atoms. The van der Waals surface area contributed by atoms with E-state index in [-0.39, 0.29) is 16.9 Å². The van der Waals surface area contributed by atoms with Crippen LogP contribution in [0.25, 0.3) is 0 Å². The highest BCUT2D eigenvalue weighted by Gasteiger charge is 2.13. The number of rotatable bonds is 2. The molecule has 2 aromatic rings. The van der Waals surface area contributed by atoms with Gasteiger partial charge in [0.1, 0.15) is 16.8 Å². The van der Waals surface area contributed by atoms with Crippen LogP contribution in [0.4, 0.5) is 8.78 Å². The molecule has 0 N–H and O–H groups in total. The largest absolute Gasteiger partial charge is 0.224 e. The van der Waals surface area contributed by atoms with Crippen molar-refractivity contribution in [1.82, 2.24) is 9.97 Å². The summed E-state index contributed by atoms with van der Waals surface area (Å²) in [6, 6.07) is 3.34. The number of nitrogens with zero attached hydrogens (tertiary/aromatic N) is 2. The highest BCUT2D eigenvalue weighted by Crippen LogP contribution is 2.27. The van der Waals surface area contributed by atoms with Crippen molar-refractivity contribution >= 4 is 39.1 Å². The van der Waals surface area contributed by atoms with Crippen LogP contribution in [0.5, 0.6) is 0 Å². The Balaban J connectivity index is 2.40. The summed E-state index contributed by atoms with van der Waals surface area (Å²) in [5.41, 5.74) is 0.730. The molecule has 1 aromatic heterocycles. The van der Waals surface area contributed by atoms with E-state index in [4.69, 9.17) is 23.2 Å². The van der Waals surface area contributed by atoms with E-state index in [1.807, 2.05) is 0 Å². The quantitative estimate of drug-likeness (QED) is 0.590. The second-order valence-electron chi connectivity index (χ2n) is 3.46. The molecule has 0 bridgehead atoms. The van der Waals surface area contributed by atoms with E-state index in [0.29, 0.717) is 15.7 Å². The number of benzene rings is 1. The molecule has 0 radical (unpaired) electrons. The van der Waals surface area contributed by atoms with Gasteiger partial charge in [0, 0.05) is 12.5 Å². The molecule has 0 aliphatic heterocycles. The van der Waals surface area contributed by atoms with Gasteiger partial charge in [-0.25, -0.2) is 18.7 Å². The summed E-state index contributed by atoms with van der Waals surface area (Å²) in [4.78, 5) is 7.69. The fourth-order valence-electron chi connectivity index (χ4n) is 1.40. The third-order valence-corrected chi connectivity index (χ3v) is 3.73. The molecule has 0 aliphatic rings. The van der Waals surface area contributed by atoms with E-state index >= 15 is 0 Å². The summed E-state index contributed by atoms with van der Waals surface area (Å²) in [6.45, 7) is 0. The summed E-state index contributed by atoms with van der Waals surface area (Å²) >= 11 is 14.7. The summed E-state index contributed by atoms with van der Waals surface area (Å²) in [7, 11) is 0. The molecule has 0 amide bonds. The first kappa shape index (κ1) is 13.6. The summed E-state index contributed by atoms with van der Waals surface area (Å²) in [5.74, 6) is -1.28. The summed E-state index contributed by atoms with van der Waals surface area (Å²) in [5, 5.41) is 0.119. The zero-order valence-electron chi connectivity index (χ0n) is 8.72. The molecule has 2 rings (SSSR count). The Morgan fingerprint density at radius 1 is 1.17 bits per heavy atom. The Kier molecular flexibility index (Phi) is 4.14. The maximum absolute atomic E-state index is 13.5. The summed E-state index contributed by atoms with van der Waals surface area (Å²) in [6.07, 6.45) is 0.134. The van der Waals surface area contributed by atoms with Crippen LogP contribution in [0.2, 0.25) is 10.4 Å². The molecule has 0 saturated heterocycles. The van der Waals surface area contributed by atoms with Crippen molar-refractivity contribution in [3.8, 4) is 0 Å². The fraction of sp³-hybridized carbons (Fsp3) is 0.0909. The molecule has 1 heterocycles. The molecular weight excluding hydrogens is 349 g/mol. The topological polar surface area (TPSA) is 25.8 Å². The molecule has 1 aromatic carbocycles. The maximum atomic E-state index is 13.5. The van der Waals surface area contributed by atoms with Gasteiger partial charge in [0.2, 0.25) is 5.28 Å². The summed E-state index contributed by atoms with van der Waals surface area (Å²) < 4.78 is 26.7. The van der Waals surface area contributed by atoms with E-state index in [1.54, 1.807) is 0 Å².